The molecule has 0 saturated heterocycles. The van der Waals surface area contributed by atoms with E-state index in [-0.39, 0.29) is 50.4 Å². The fraction of sp³-hybridized carbons (Fsp3) is 0.457. The number of aromatic nitrogens is 2. The molecule has 4 rings (SSSR count). The molecule has 0 fully saturated rings. The summed E-state index contributed by atoms with van der Waals surface area (Å²) in [5.41, 5.74) is 13.9. The summed E-state index contributed by atoms with van der Waals surface area (Å²) in [6.45, 7) is 8.58. The van der Waals surface area contributed by atoms with Gasteiger partial charge in [0, 0.05) is 53.5 Å². The number of hydrogen-bond acceptors (Lipinski definition) is 10. The number of amides is 7. The van der Waals surface area contributed by atoms with Crippen LogP contribution in [0.15, 0.2) is 60.9 Å². The van der Waals surface area contributed by atoms with Gasteiger partial charge in [-0.25, -0.2) is 4.79 Å². The quantitative estimate of drug-likeness (QED) is 0.0412. The molecule has 21 heteroatoms. The zero-order valence-corrected chi connectivity index (χ0v) is 38.1. The topological polar surface area (TPSA) is 350 Å². The van der Waals surface area contributed by atoms with E-state index in [2.05, 4.69) is 41.9 Å². The van der Waals surface area contributed by atoms with Crippen molar-refractivity contribution in [3.63, 3.8) is 0 Å². The van der Waals surface area contributed by atoms with E-state index in [1.54, 1.807) is 56.6 Å². The van der Waals surface area contributed by atoms with Crippen LogP contribution >= 0.6 is 0 Å². The van der Waals surface area contributed by atoms with E-state index < -0.39 is 102 Å². The number of aliphatic carboxylic acids is 2. The van der Waals surface area contributed by atoms with Crippen LogP contribution in [0.4, 0.5) is 0 Å². The van der Waals surface area contributed by atoms with Gasteiger partial charge in [0.25, 0.3) is 0 Å². The van der Waals surface area contributed by atoms with E-state index in [1.807, 2.05) is 32.0 Å². The first-order valence-electron chi connectivity index (χ1n) is 22.0. The second kappa shape index (κ2) is 24.3. The maximum absolute atomic E-state index is 14.2. The van der Waals surface area contributed by atoms with Crippen molar-refractivity contribution in [3.8, 4) is 0 Å². The van der Waals surface area contributed by atoms with Gasteiger partial charge in [0.2, 0.25) is 41.4 Å². The summed E-state index contributed by atoms with van der Waals surface area (Å²) in [5.74, 6) is -8.88. The van der Waals surface area contributed by atoms with Crippen LogP contribution in [-0.4, -0.2) is 116 Å². The molecule has 2 aromatic heterocycles. The van der Waals surface area contributed by atoms with Crippen molar-refractivity contribution in [1.29, 1.82) is 0 Å². The number of primary amides is 1. The van der Waals surface area contributed by atoms with Crippen LogP contribution in [0.1, 0.15) is 77.8 Å². The summed E-state index contributed by atoms with van der Waals surface area (Å²) < 4.78 is 0. The Kier molecular flexibility index (Phi) is 19.0. The number of rotatable bonds is 26. The van der Waals surface area contributed by atoms with Crippen LogP contribution in [0.25, 0.3) is 21.8 Å². The summed E-state index contributed by atoms with van der Waals surface area (Å²) in [4.78, 5) is 124. The molecular formula is C46H62N10O11. The lowest BCUT2D eigenvalue weighted by molar-refractivity contribution is -0.143. The van der Waals surface area contributed by atoms with Crippen LogP contribution in [0.3, 0.4) is 0 Å². The molecule has 0 spiro atoms. The Balaban J connectivity index is 1.60. The fourth-order valence-corrected chi connectivity index (χ4v) is 7.48. The molecule has 0 aliphatic rings. The number of H-pyrrole nitrogens is 2. The number of para-hydroxylation sites is 2. The summed E-state index contributed by atoms with van der Waals surface area (Å²) in [6.07, 6.45) is 1.92. The maximum Gasteiger partial charge on any atom is 0.326 e. The second-order valence-corrected chi connectivity index (χ2v) is 17.5. The van der Waals surface area contributed by atoms with Gasteiger partial charge in [-0.05, 0) is 61.3 Å². The maximum atomic E-state index is 14.2. The Morgan fingerprint density at radius 1 is 0.552 bits per heavy atom. The monoisotopic (exact) mass is 930 g/mol. The minimum Gasteiger partial charge on any atom is -0.481 e. The van der Waals surface area contributed by atoms with Crippen LogP contribution in [0, 0.1) is 11.8 Å². The Bertz CT molecular complexity index is 2430. The molecule has 0 aliphatic carbocycles. The van der Waals surface area contributed by atoms with Gasteiger partial charge in [-0.1, -0.05) is 64.1 Å². The molecular weight excluding hydrogens is 869 g/mol. The number of nitrogens with two attached hydrogens (primary N) is 2. The highest BCUT2D eigenvalue weighted by Gasteiger charge is 2.34. The van der Waals surface area contributed by atoms with Crippen molar-refractivity contribution < 1.29 is 53.4 Å². The van der Waals surface area contributed by atoms with Gasteiger partial charge in [-0.2, -0.15) is 0 Å². The minimum absolute atomic E-state index is 0.0162. The SMILES string of the molecule is CC(C)CC(N)C(=O)NC(CC(=O)O)C(=O)NC(Cc1c[nH]c2ccccc12)C(=O)NC(C)C(=O)NC(Cc1c[nH]c2ccccc12)C(=O)NC(CC(C)C)C(=O)NC(CCC(N)=O)C(=O)O. The lowest BCUT2D eigenvalue weighted by Crippen LogP contribution is -2.60. The Hall–Kier alpha value is -7.29. The van der Waals surface area contributed by atoms with Crippen LogP contribution in [0.5, 0.6) is 0 Å². The average Bonchev–Trinajstić information content (AvgIpc) is 3.86. The molecule has 362 valence electrons. The minimum atomic E-state index is -1.63. The number of carboxylic acid groups (broad SMARTS) is 2. The number of aromatic amines is 2. The third-order valence-corrected chi connectivity index (χ3v) is 10.9. The van der Waals surface area contributed by atoms with E-state index in [9.17, 15) is 53.4 Å². The van der Waals surface area contributed by atoms with Gasteiger partial charge in [-0.3, -0.25) is 38.4 Å². The van der Waals surface area contributed by atoms with Crippen molar-refractivity contribution in [2.24, 2.45) is 23.3 Å². The van der Waals surface area contributed by atoms with Crippen molar-refractivity contribution in [1.82, 2.24) is 41.9 Å². The molecule has 4 aromatic rings. The fourth-order valence-electron chi connectivity index (χ4n) is 7.48. The Morgan fingerprint density at radius 2 is 0.985 bits per heavy atom. The first-order chi connectivity index (χ1) is 31.6. The zero-order valence-electron chi connectivity index (χ0n) is 38.1. The number of benzene rings is 2. The van der Waals surface area contributed by atoms with Crippen molar-refractivity contribution in [2.75, 3.05) is 0 Å². The molecule has 7 atom stereocenters. The first kappa shape index (κ1) is 52.3. The van der Waals surface area contributed by atoms with E-state index >= 15 is 0 Å². The Morgan fingerprint density at radius 3 is 1.48 bits per heavy atom. The summed E-state index contributed by atoms with van der Waals surface area (Å²) >= 11 is 0. The van der Waals surface area contributed by atoms with Gasteiger partial charge in [0.15, 0.2) is 0 Å². The smallest absolute Gasteiger partial charge is 0.326 e. The predicted octanol–water partition coefficient (Wildman–Crippen LogP) is 0.607. The highest BCUT2D eigenvalue weighted by Crippen LogP contribution is 2.21. The molecule has 7 unspecified atom stereocenters. The molecule has 0 saturated carbocycles. The first-order valence-corrected chi connectivity index (χ1v) is 22.0. The highest BCUT2D eigenvalue weighted by atomic mass is 16.4. The number of nitrogens with one attached hydrogen (secondary N) is 8. The highest BCUT2D eigenvalue weighted by molar-refractivity contribution is 5.98. The van der Waals surface area contributed by atoms with Crippen molar-refractivity contribution in [2.45, 2.75) is 122 Å². The van der Waals surface area contributed by atoms with Gasteiger partial charge >= 0.3 is 11.9 Å². The zero-order chi connectivity index (χ0) is 49.5. The molecule has 7 amide bonds. The third-order valence-electron chi connectivity index (χ3n) is 10.9. The average molecular weight is 931 g/mol. The lowest BCUT2D eigenvalue weighted by atomic mass is 10.00. The lowest BCUT2D eigenvalue weighted by Gasteiger charge is -2.27. The molecule has 21 nitrogen and oxygen atoms in total. The molecule has 2 heterocycles. The summed E-state index contributed by atoms with van der Waals surface area (Å²) in [6, 6.07) is 4.78. The number of carbonyl (C=O) groups is 9. The molecule has 2 aromatic carbocycles. The van der Waals surface area contributed by atoms with E-state index in [1.165, 1.54) is 6.92 Å². The van der Waals surface area contributed by atoms with E-state index in [0.717, 1.165) is 21.8 Å². The predicted molar refractivity (Wildman–Crippen MR) is 246 cm³/mol. The van der Waals surface area contributed by atoms with E-state index in [4.69, 9.17) is 11.5 Å². The van der Waals surface area contributed by atoms with Crippen LogP contribution in [0.2, 0.25) is 0 Å². The van der Waals surface area contributed by atoms with Gasteiger partial charge in [0.1, 0.15) is 36.3 Å². The summed E-state index contributed by atoms with van der Waals surface area (Å²) in [5, 5.41) is 36.1. The van der Waals surface area contributed by atoms with Gasteiger partial charge in [-0.15, -0.1) is 0 Å². The Labute approximate surface area is 386 Å². The van der Waals surface area contributed by atoms with Crippen LogP contribution < -0.4 is 43.4 Å². The van der Waals surface area contributed by atoms with Gasteiger partial charge in [0.05, 0.1) is 12.5 Å². The largest absolute Gasteiger partial charge is 0.481 e. The number of hydrogen-bond donors (Lipinski definition) is 12. The number of carboxylic acids is 2. The molecule has 0 radical (unpaired) electrons. The standard InChI is InChI=1S/C46H62N10O11/c1-23(2)16-30(47)41(61)54-37(20-39(58)59)45(65)56-35(18-26-21-49-31-12-8-6-10-28(26)31)42(62)51-25(5)40(60)53-36(19-27-22-50-32-13-9-7-11-29(27)32)44(64)55-34(17-24(3)4)43(63)52-33(46(66)67)14-15-38(48)57/h6-13,21-25,30,33-37,49-50H,14-20,47H2,1-5H3,(H2,48,57)(H,51,62)(H,52,63)(H,53,60)(H,54,61)(H,55,64)(H,56,65)(H,58,59)(H,66,67). The molecule has 14 N–H and O–H groups in total. The van der Waals surface area contributed by atoms with Crippen molar-refractivity contribution >= 4 is 75.1 Å². The summed E-state index contributed by atoms with van der Waals surface area (Å²) in [7, 11) is 0. The number of fused-ring (bicyclic) bond motifs is 2. The van der Waals surface area contributed by atoms with Gasteiger partial charge < -0.3 is 63.5 Å². The molecule has 67 heavy (non-hydrogen) atoms. The van der Waals surface area contributed by atoms with Crippen LogP contribution in [-0.2, 0) is 56.0 Å². The molecule has 0 aliphatic heterocycles. The second-order valence-electron chi connectivity index (χ2n) is 17.5. The number of carbonyl (C=O) groups excluding carboxylic acids is 7. The molecule has 0 bridgehead atoms. The van der Waals surface area contributed by atoms with Crippen molar-refractivity contribution in [3.05, 3.63) is 72.1 Å². The third kappa shape index (κ3) is 15.7. The van der Waals surface area contributed by atoms with E-state index in [0.29, 0.717) is 11.1 Å². The normalized spacial score (nSPS) is 14.5.